The van der Waals surface area contributed by atoms with E-state index < -0.39 is 0 Å². The fourth-order valence-electron chi connectivity index (χ4n) is 1.80. The highest BCUT2D eigenvalue weighted by atomic mass is 16.3. The van der Waals surface area contributed by atoms with Gasteiger partial charge < -0.3 is 10.3 Å². The summed E-state index contributed by atoms with van der Waals surface area (Å²) in [5.74, 6) is 0.839. The second kappa shape index (κ2) is 4.57. The van der Waals surface area contributed by atoms with Crippen molar-refractivity contribution in [3.8, 4) is 17.1 Å². The van der Waals surface area contributed by atoms with Gasteiger partial charge in [-0.05, 0) is 30.3 Å². The van der Waals surface area contributed by atoms with Crippen LogP contribution in [0.5, 0.6) is 5.75 Å². The van der Waals surface area contributed by atoms with Crippen LogP contribution < -0.4 is 5.23 Å². The van der Waals surface area contributed by atoms with Gasteiger partial charge in [-0.2, -0.15) is 0 Å². The van der Waals surface area contributed by atoms with Gasteiger partial charge in [-0.25, -0.2) is 9.97 Å². The van der Waals surface area contributed by atoms with Gasteiger partial charge in [0.25, 0.3) is 0 Å². The van der Waals surface area contributed by atoms with Crippen LogP contribution in [0.3, 0.4) is 0 Å². The predicted molar refractivity (Wildman–Crippen MR) is 76.6 cm³/mol. The number of hydrogen-bond donors (Lipinski definition) is 2. The summed E-state index contributed by atoms with van der Waals surface area (Å²) >= 11 is 0. The third-order valence-electron chi connectivity index (χ3n) is 2.85. The standard InChI is InChI=1S/C13H11BN4O/c14-18-9-5-11-12(15-6-9)7-16-13(17-11)8-1-3-10(19)4-2-8/h1-7,18-19H,14H2. The molecule has 3 aromatic rings. The number of benzene rings is 1. The van der Waals surface area contributed by atoms with E-state index in [-0.39, 0.29) is 5.75 Å². The monoisotopic (exact) mass is 250 g/mol. The van der Waals surface area contributed by atoms with Crippen molar-refractivity contribution >= 4 is 24.7 Å². The second-order valence-corrected chi connectivity index (χ2v) is 4.12. The van der Waals surface area contributed by atoms with Gasteiger partial charge in [0, 0.05) is 17.4 Å². The van der Waals surface area contributed by atoms with E-state index in [4.69, 9.17) is 0 Å². The van der Waals surface area contributed by atoms with Crippen molar-refractivity contribution in [2.24, 2.45) is 0 Å². The maximum absolute atomic E-state index is 9.28. The van der Waals surface area contributed by atoms with Gasteiger partial charge in [0.05, 0.1) is 11.7 Å². The summed E-state index contributed by atoms with van der Waals surface area (Å²) in [5.41, 5.74) is 3.30. The molecule has 0 aliphatic carbocycles. The van der Waals surface area contributed by atoms with E-state index >= 15 is 0 Å². The zero-order valence-corrected chi connectivity index (χ0v) is 10.3. The first kappa shape index (κ1) is 11.5. The molecule has 0 aliphatic rings. The Balaban J connectivity index is 2.12. The van der Waals surface area contributed by atoms with Gasteiger partial charge >= 0.3 is 0 Å². The molecule has 3 rings (SSSR count). The van der Waals surface area contributed by atoms with Crippen LogP contribution in [0.25, 0.3) is 22.4 Å². The van der Waals surface area contributed by atoms with Crippen molar-refractivity contribution in [3.63, 3.8) is 0 Å². The molecule has 0 spiro atoms. The summed E-state index contributed by atoms with van der Waals surface area (Å²) in [7, 11) is 1.84. The van der Waals surface area contributed by atoms with Crippen molar-refractivity contribution in [1.29, 1.82) is 0 Å². The van der Waals surface area contributed by atoms with Crippen LogP contribution >= 0.6 is 0 Å². The normalized spacial score (nSPS) is 10.5. The summed E-state index contributed by atoms with van der Waals surface area (Å²) in [6.07, 6.45) is 3.44. The van der Waals surface area contributed by atoms with E-state index in [2.05, 4.69) is 20.2 Å². The van der Waals surface area contributed by atoms with Crippen LogP contribution in [0, 0.1) is 0 Å². The minimum absolute atomic E-state index is 0.226. The number of fused-ring (bicyclic) bond motifs is 1. The summed E-state index contributed by atoms with van der Waals surface area (Å²) < 4.78 is 0. The highest BCUT2D eigenvalue weighted by Crippen LogP contribution is 2.21. The Hall–Kier alpha value is -2.63. The average molecular weight is 250 g/mol. The Morgan fingerprint density at radius 2 is 1.79 bits per heavy atom. The quantitative estimate of drug-likeness (QED) is 0.672. The van der Waals surface area contributed by atoms with Crippen molar-refractivity contribution in [3.05, 3.63) is 42.7 Å². The van der Waals surface area contributed by atoms with E-state index in [1.54, 1.807) is 36.7 Å². The first-order valence-corrected chi connectivity index (χ1v) is 5.86. The fraction of sp³-hybridized carbons (Fsp3) is 0. The van der Waals surface area contributed by atoms with Crippen LogP contribution in [0.4, 0.5) is 5.69 Å². The van der Waals surface area contributed by atoms with E-state index in [9.17, 15) is 5.11 Å². The highest BCUT2D eigenvalue weighted by molar-refractivity contribution is 6.16. The predicted octanol–water partition coefficient (Wildman–Crippen LogP) is 1.36. The van der Waals surface area contributed by atoms with Crippen LogP contribution in [0.2, 0.25) is 0 Å². The molecule has 19 heavy (non-hydrogen) atoms. The highest BCUT2D eigenvalue weighted by Gasteiger charge is 2.04. The van der Waals surface area contributed by atoms with Crippen LogP contribution in [0.1, 0.15) is 0 Å². The molecule has 2 N–H and O–H groups in total. The molecule has 92 valence electrons. The topological polar surface area (TPSA) is 70.9 Å². The maximum Gasteiger partial charge on any atom is 0.214 e. The molecule has 6 heteroatoms. The number of phenols is 1. The molecule has 5 nitrogen and oxygen atoms in total. The summed E-state index contributed by atoms with van der Waals surface area (Å²) in [5, 5.41) is 12.3. The van der Waals surface area contributed by atoms with Gasteiger partial charge in [-0.1, -0.05) is 0 Å². The molecule has 0 amide bonds. The molecule has 0 radical (unpaired) electrons. The summed E-state index contributed by atoms with van der Waals surface area (Å²) in [4.78, 5) is 13.0. The van der Waals surface area contributed by atoms with Crippen molar-refractivity contribution in [2.75, 3.05) is 5.23 Å². The van der Waals surface area contributed by atoms with Crippen LogP contribution in [-0.2, 0) is 0 Å². The summed E-state index contributed by atoms with van der Waals surface area (Å²) in [6.45, 7) is 0. The van der Waals surface area contributed by atoms with Crippen LogP contribution in [0.15, 0.2) is 42.7 Å². The Morgan fingerprint density at radius 1 is 1.00 bits per heavy atom. The van der Waals surface area contributed by atoms with E-state index in [0.717, 1.165) is 22.3 Å². The lowest BCUT2D eigenvalue weighted by molar-refractivity contribution is 0.475. The Kier molecular flexibility index (Phi) is 2.76. The van der Waals surface area contributed by atoms with Gasteiger partial charge in [-0.3, -0.25) is 4.98 Å². The molecular formula is C13H11BN4O. The molecule has 0 bridgehead atoms. The number of aromatic nitrogens is 3. The third kappa shape index (κ3) is 2.20. The molecule has 0 atom stereocenters. The van der Waals surface area contributed by atoms with Crippen molar-refractivity contribution in [2.45, 2.75) is 0 Å². The van der Waals surface area contributed by atoms with Crippen molar-refractivity contribution in [1.82, 2.24) is 15.0 Å². The Morgan fingerprint density at radius 3 is 2.53 bits per heavy atom. The number of aromatic hydroxyl groups is 1. The van der Waals surface area contributed by atoms with E-state index in [0.29, 0.717) is 5.82 Å². The van der Waals surface area contributed by atoms with Gasteiger partial charge in [0.2, 0.25) is 7.98 Å². The minimum atomic E-state index is 0.226. The number of pyridine rings is 1. The molecule has 0 fully saturated rings. The lowest BCUT2D eigenvalue weighted by atomic mass is 10.2. The first-order chi connectivity index (χ1) is 9.26. The molecule has 0 aliphatic heterocycles. The molecule has 1 aromatic carbocycles. The Labute approximate surface area is 110 Å². The van der Waals surface area contributed by atoms with Gasteiger partial charge in [-0.15, -0.1) is 0 Å². The van der Waals surface area contributed by atoms with E-state index in [1.165, 1.54) is 0 Å². The molecule has 0 unspecified atom stereocenters. The maximum atomic E-state index is 9.28. The first-order valence-electron chi connectivity index (χ1n) is 5.86. The lowest BCUT2D eigenvalue weighted by Crippen LogP contribution is -1.95. The molecular weight excluding hydrogens is 239 g/mol. The molecule has 2 aromatic heterocycles. The van der Waals surface area contributed by atoms with Gasteiger partial charge in [0.15, 0.2) is 5.82 Å². The number of hydrogen-bond acceptors (Lipinski definition) is 5. The molecule has 0 saturated heterocycles. The smallest absolute Gasteiger partial charge is 0.214 e. The largest absolute Gasteiger partial charge is 0.508 e. The SMILES string of the molecule is BNc1cnc2cnc(-c3ccc(O)cc3)nc2c1. The number of anilines is 1. The molecule has 0 saturated carbocycles. The fourth-order valence-corrected chi connectivity index (χ4v) is 1.80. The number of nitrogens with one attached hydrogen (secondary N) is 1. The van der Waals surface area contributed by atoms with Gasteiger partial charge in [0.1, 0.15) is 11.3 Å². The number of phenolic OH excluding ortho intramolecular Hbond substituents is 1. The number of nitrogens with zero attached hydrogens (tertiary/aromatic N) is 3. The molecule has 2 heterocycles. The summed E-state index contributed by atoms with van der Waals surface area (Å²) in [6, 6.07) is 8.72. The van der Waals surface area contributed by atoms with Crippen molar-refractivity contribution < 1.29 is 5.11 Å². The van der Waals surface area contributed by atoms with E-state index in [1.807, 2.05) is 14.0 Å². The minimum Gasteiger partial charge on any atom is -0.508 e. The average Bonchev–Trinajstić information content (AvgIpc) is 2.47. The third-order valence-corrected chi connectivity index (χ3v) is 2.85. The Bertz CT molecular complexity index is 730. The number of rotatable bonds is 2. The zero-order valence-electron chi connectivity index (χ0n) is 10.3. The second-order valence-electron chi connectivity index (χ2n) is 4.12. The zero-order chi connectivity index (χ0) is 13.2. The van der Waals surface area contributed by atoms with Crippen LogP contribution in [-0.4, -0.2) is 28.0 Å². The lowest BCUT2D eigenvalue weighted by Gasteiger charge is -2.04.